The summed E-state index contributed by atoms with van der Waals surface area (Å²) in [6, 6.07) is 13.3. The molecule has 3 atom stereocenters. The van der Waals surface area contributed by atoms with E-state index in [4.69, 9.17) is 9.47 Å². The fraction of sp³-hybridized carbons (Fsp3) is 0.533. The highest BCUT2D eigenvalue weighted by Crippen LogP contribution is 2.26. The highest BCUT2D eigenvalue weighted by Gasteiger charge is 2.25. The van der Waals surface area contributed by atoms with Crippen LogP contribution in [-0.4, -0.2) is 53.4 Å². The maximum absolute atomic E-state index is 13.1. The van der Waals surface area contributed by atoms with Gasteiger partial charge in [0.05, 0.1) is 31.0 Å². The van der Waals surface area contributed by atoms with Crippen molar-refractivity contribution in [3.05, 3.63) is 64.7 Å². The summed E-state index contributed by atoms with van der Waals surface area (Å²) < 4.78 is 12.4. The summed E-state index contributed by atoms with van der Waals surface area (Å²) in [4.78, 5) is 26.7. The number of ether oxygens (including phenoxy) is 2. The number of nitrogens with zero attached hydrogens (tertiary/aromatic N) is 1. The smallest absolute Gasteiger partial charge is 0.336 e. The van der Waals surface area contributed by atoms with Gasteiger partial charge in [-0.3, -0.25) is 0 Å². The molecule has 0 aliphatic heterocycles. The third-order valence-corrected chi connectivity index (χ3v) is 7.20. The molecule has 1 aliphatic rings. The SMILES string of the molecule is CCCC(C)N(CCO[C@H]1CCC[C@@H](OCc2cccc(C)c2C(=O)O)C1)C(=O)Nc1ccccc1C. The van der Waals surface area contributed by atoms with E-state index in [2.05, 4.69) is 19.2 Å². The monoisotopic (exact) mass is 510 g/mol. The maximum atomic E-state index is 13.1. The number of hydrogen-bond acceptors (Lipinski definition) is 4. The molecule has 1 aliphatic carbocycles. The lowest BCUT2D eigenvalue weighted by Gasteiger charge is -2.32. The molecule has 7 nitrogen and oxygen atoms in total. The second-order valence-electron chi connectivity index (χ2n) is 10.1. The molecule has 0 aromatic heterocycles. The number of nitrogens with one attached hydrogen (secondary N) is 1. The van der Waals surface area contributed by atoms with Gasteiger partial charge >= 0.3 is 12.0 Å². The molecule has 1 fully saturated rings. The number of carboxylic acids is 1. The van der Waals surface area contributed by atoms with E-state index in [0.29, 0.717) is 24.3 Å². The van der Waals surface area contributed by atoms with Crippen LogP contribution in [0.3, 0.4) is 0 Å². The molecule has 1 saturated carbocycles. The zero-order chi connectivity index (χ0) is 26.8. The summed E-state index contributed by atoms with van der Waals surface area (Å²) in [6.07, 6.45) is 5.70. The summed E-state index contributed by atoms with van der Waals surface area (Å²) in [6.45, 7) is 9.28. The number of para-hydroxylation sites is 1. The third-order valence-electron chi connectivity index (χ3n) is 7.20. The topological polar surface area (TPSA) is 88.1 Å². The van der Waals surface area contributed by atoms with Crippen LogP contribution in [0.1, 0.15) is 79.4 Å². The maximum Gasteiger partial charge on any atom is 0.336 e. The molecule has 2 aromatic carbocycles. The Bertz CT molecular complexity index is 1040. The van der Waals surface area contributed by atoms with E-state index in [9.17, 15) is 14.7 Å². The van der Waals surface area contributed by atoms with E-state index >= 15 is 0 Å². The van der Waals surface area contributed by atoms with Crippen LogP contribution in [0.4, 0.5) is 10.5 Å². The lowest BCUT2D eigenvalue weighted by Crippen LogP contribution is -2.44. The van der Waals surface area contributed by atoms with Crippen LogP contribution in [-0.2, 0) is 16.1 Å². The first-order chi connectivity index (χ1) is 17.8. The van der Waals surface area contributed by atoms with Crippen molar-refractivity contribution in [3.63, 3.8) is 0 Å². The van der Waals surface area contributed by atoms with E-state index < -0.39 is 5.97 Å². The molecule has 1 unspecified atom stereocenters. The number of carboxylic acid groups (broad SMARTS) is 1. The average Bonchev–Trinajstić information content (AvgIpc) is 2.87. The summed E-state index contributed by atoms with van der Waals surface area (Å²) in [5.41, 5.74) is 3.64. The molecule has 202 valence electrons. The zero-order valence-corrected chi connectivity index (χ0v) is 22.7. The zero-order valence-electron chi connectivity index (χ0n) is 22.7. The minimum Gasteiger partial charge on any atom is -0.478 e. The first kappa shape index (κ1) is 28.7. The molecular formula is C30H42N2O5. The van der Waals surface area contributed by atoms with Crippen molar-refractivity contribution >= 4 is 17.7 Å². The van der Waals surface area contributed by atoms with Gasteiger partial charge in [0.1, 0.15) is 0 Å². The predicted molar refractivity (Wildman–Crippen MR) is 146 cm³/mol. The average molecular weight is 511 g/mol. The second kappa shape index (κ2) is 14.1. The van der Waals surface area contributed by atoms with E-state index in [1.165, 1.54) is 0 Å². The number of urea groups is 1. The van der Waals surface area contributed by atoms with Crippen LogP contribution >= 0.6 is 0 Å². The summed E-state index contributed by atoms with van der Waals surface area (Å²) in [5, 5.41) is 12.6. The van der Waals surface area contributed by atoms with Gasteiger partial charge in [-0.1, -0.05) is 49.7 Å². The number of anilines is 1. The molecule has 0 heterocycles. The van der Waals surface area contributed by atoms with Gasteiger partial charge in [-0.05, 0) is 75.6 Å². The van der Waals surface area contributed by atoms with E-state index in [0.717, 1.165) is 55.3 Å². The van der Waals surface area contributed by atoms with Crippen molar-refractivity contribution in [1.29, 1.82) is 0 Å². The lowest BCUT2D eigenvalue weighted by atomic mass is 9.94. The van der Waals surface area contributed by atoms with Gasteiger partial charge in [-0.15, -0.1) is 0 Å². The number of aryl methyl sites for hydroxylation is 2. The Labute approximate surface area is 221 Å². The Hall–Kier alpha value is -2.90. The number of carbonyl (C=O) groups excluding carboxylic acids is 1. The molecule has 0 bridgehead atoms. The van der Waals surface area contributed by atoms with Crippen molar-refractivity contribution in [3.8, 4) is 0 Å². The number of aromatic carboxylic acids is 1. The van der Waals surface area contributed by atoms with Gasteiger partial charge in [0.2, 0.25) is 0 Å². The van der Waals surface area contributed by atoms with Crippen molar-refractivity contribution < 1.29 is 24.2 Å². The number of rotatable bonds is 12. The third kappa shape index (κ3) is 8.30. The predicted octanol–water partition coefficient (Wildman–Crippen LogP) is 6.57. The molecular weight excluding hydrogens is 468 g/mol. The van der Waals surface area contributed by atoms with Gasteiger partial charge in [-0.25, -0.2) is 9.59 Å². The summed E-state index contributed by atoms with van der Waals surface area (Å²) in [7, 11) is 0. The molecule has 0 radical (unpaired) electrons. The van der Waals surface area contributed by atoms with Crippen LogP contribution in [0.25, 0.3) is 0 Å². The van der Waals surface area contributed by atoms with Crippen molar-refractivity contribution in [1.82, 2.24) is 4.90 Å². The molecule has 3 rings (SSSR count). The van der Waals surface area contributed by atoms with Gasteiger partial charge in [0, 0.05) is 18.3 Å². The first-order valence-electron chi connectivity index (χ1n) is 13.5. The molecule has 2 N–H and O–H groups in total. The highest BCUT2D eigenvalue weighted by molar-refractivity contribution is 5.91. The standard InChI is InChI=1S/C30H42N2O5/c1-5-10-23(4)32(30(35)31-27-16-7-6-11-21(27)2)17-18-36-25-14-9-15-26(19-25)37-20-24-13-8-12-22(3)28(24)29(33)34/h6-8,11-13,16,23,25-26H,5,9-10,14-15,17-20H2,1-4H3,(H,31,35)(H,33,34)/t23?,25-,26+/m0/s1. The molecule has 2 aromatic rings. The van der Waals surface area contributed by atoms with Crippen molar-refractivity contribution in [2.45, 2.75) is 91.1 Å². The Balaban J connectivity index is 1.52. The molecule has 0 saturated heterocycles. The van der Waals surface area contributed by atoms with Gasteiger partial charge < -0.3 is 24.8 Å². The Morgan fingerprint density at radius 2 is 1.76 bits per heavy atom. The van der Waals surface area contributed by atoms with E-state index in [1.807, 2.05) is 61.2 Å². The van der Waals surface area contributed by atoms with Crippen LogP contribution in [0.15, 0.2) is 42.5 Å². The number of hydrogen-bond donors (Lipinski definition) is 2. The van der Waals surface area contributed by atoms with Crippen molar-refractivity contribution in [2.24, 2.45) is 0 Å². The van der Waals surface area contributed by atoms with Gasteiger partial charge in [0.25, 0.3) is 0 Å². The number of amides is 2. The fourth-order valence-electron chi connectivity index (χ4n) is 5.08. The first-order valence-corrected chi connectivity index (χ1v) is 13.5. The van der Waals surface area contributed by atoms with Gasteiger partial charge in [0.15, 0.2) is 0 Å². The number of benzene rings is 2. The van der Waals surface area contributed by atoms with E-state index in [-0.39, 0.29) is 30.9 Å². The lowest BCUT2D eigenvalue weighted by molar-refractivity contribution is -0.0531. The summed E-state index contributed by atoms with van der Waals surface area (Å²) in [5.74, 6) is -0.921. The number of carbonyl (C=O) groups is 2. The second-order valence-corrected chi connectivity index (χ2v) is 10.1. The van der Waals surface area contributed by atoms with Crippen LogP contribution in [0, 0.1) is 13.8 Å². The minimum absolute atomic E-state index is 0.0281. The summed E-state index contributed by atoms with van der Waals surface area (Å²) >= 11 is 0. The van der Waals surface area contributed by atoms with Crippen LogP contribution in [0.2, 0.25) is 0 Å². The quantitative estimate of drug-likeness (QED) is 0.337. The van der Waals surface area contributed by atoms with Crippen molar-refractivity contribution in [2.75, 3.05) is 18.5 Å². The largest absolute Gasteiger partial charge is 0.478 e. The molecule has 2 amide bonds. The Morgan fingerprint density at radius 3 is 2.46 bits per heavy atom. The molecule has 7 heteroatoms. The normalized spacial score (nSPS) is 18.3. The fourth-order valence-corrected chi connectivity index (χ4v) is 5.08. The molecule has 0 spiro atoms. The minimum atomic E-state index is -0.921. The van der Waals surface area contributed by atoms with Crippen LogP contribution in [0.5, 0.6) is 0 Å². The Kier molecular flexibility index (Phi) is 11.0. The highest BCUT2D eigenvalue weighted by atomic mass is 16.5. The Morgan fingerprint density at radius 1 is 1.05 bits per heavy atom. The van der Waals surface area contributed by atoms with Gasteiger partial charge in [-0.2, -0.15) is 0 Å². The van der Waals surface area contributed by atoms with Crippen LogP contribution < -0.4 is 5.32 Å². The van der Waals surface area contributed by atoms with E-state index in [1.54, 1.807) is 0 Å². The molecule has 37 heavy (non-hydrogen) atoms.